The van der Waals surface area contributed by atoms with Gasteiger partial charge in [-0.25, -0.2) is 0 Å². The molecule has 54 atom stereocenters. The standard InChI is InChI=1S/C85H88/c1-3-7-11-15-26-40-28-17-29-41-27(68(26,28)29)16-12-8-4-2-6-10-14-25-39-23-67(65-51-33-19-31-43(41)53-63-57-45(25)74(39,67)80(57,65)76(51,63)70(31,33)53)55-60-48-36-20-34-46-58-54(59-47-35-21-37-49-61(55)78(60)83(48)71(34,36)81(46)77(58,59)82(47)72(35,37)84(49,78)85(81,82)83)66-22-38-24(13-9-5-1)44-56-62-52-42(40)30-18-32-50-64(66)79(56,73(38,44)66)75(50,62)69(30,32)52/h24-65H,1-23H2. The van der Waals surface area contributed by atoms with Crippen molar-refractivity contribution in [3.05, 3.63) is 0 Å². The van der Waals surface area contributed by atoms with Crippen molar-refractivity contribution in [2.75, 3.05) is 0 Å². The fourth-order valence-electron chi connectivity index (χ4n) is 66.4. The molecule has 64 saturated carbocycles. The largest absolute Gasteiger partial charge is 0.0533 e. The summed E-state index contributed by atoms with van der Waals surface area (Å²) in [5.74, 6) is 55.3. The van der Waals surface area contributed by atoms with Crippen LogP contribution < -0.4 is 0 Å². The lowest BCUT2D eigenvalue weighted by molar-refractivity contribution is -1.04. The van der Waals surface area contributed by atoms with Crippen LogP contribution in [0.25, 0.3) is 0 Å². The molecule has 0 nitrogen and oxygen atoms in total. The van der Waals surface area contributed by atoms with Crippen molar-refractivity contribution < 1.29 is 0 Å². The van der Waals surface area contributed by atoms with E-state index in [4.69, 9.17) is 0 Å². The molecule has 0 aromatic carbocycles. The zero-order chi connectivity index (χ0) is 50.5. The van der Waals surface area contributed by atoms with Crippen molar-refractivity contribution in [1.82, 2.24) is 0 Å². The summed E-state index contributed by atoms with van der Waals surface area (Å²) < 4.78 is 0. The second-order valence-corrected chi connectivity index (χ2v) is 48.2. The minimum Gasteiger partial charge on any atom is -0.0533 e. The van der Waals surface area contributed by atoms with Crippen molar-refractivity contribution in [2.45, 2.75) is 148 Å². The number of rotatable bonds is 0. The highest BCUT2D eigenvalue weighted by atomic mass is 15.5. The van der Waals surface area contributed by atoms with E-state index in [2.05, 4.69) is 0 Å². The van der Waals surface area contributed by atoms with E-state index in [-0.39, 0.29) is 0 Å². The van der Waals surface area contributed by atoms with Gasteiger partial charge in [0, 0.05) is 0 Å². The molecule has 19 spiro atoms. The minimum atomic E-state index is 0.897. The Kier molecular flexibility index (Phi) is 3.55. The van der Waals surface area contributed by atoms with E-state index in [0.29, 0.717) is 0 Å². The normalized spacial score (nSPS) is 105. The van der Waals surface area contributed by atoms with Gasteiger partial charge in [-0.2, -0.15) is 0 Å². The first kappa shape index (κ1) is 37.8. The molecule has 64 aliphatic rings. The molecule has 0 N–H and O–H groups in total. The number of hydrogen-bond donors (Lipinski definition) is 0. The van der Waals surface area contributed by atoms with Gasteiger partial charge in [-0.15, -0.1) is 0 Å². The summed E-state index contributed by atoms with van der Waals surface area (Å²) in [5.41, 5.74) is 20.4. The molecule has 54 unspecified atom stereocenters. The Morgan fingerprint density at radius 2 is 0.588 bits per heavy atom. The third-order valence-electron chi connectivity index (χ3n) is 58.0. The molecule has 64 aliphatic carbocycles. The van der Waals surface area contributed by atoms with Gasteiger partial charge >= 0.3 is 0 Å². The quantitative estimate of drug-likeness (QED) is 0.227. The Morgan fingerprint density at radius 1 is 0.212 bits per heavy atom. The third kappa shape index (κ3) is 1.55. The number of fused-ring (bicyclic) bond motifs is 4. The molecule has 64 rings (SSSR count). The van der Waals surface area contributed by atoms with Crippen LogP contribution in [0.5, 0.6) is 0 Å². The average Bonchev–Trinajstić information content (AvgIpc) is 0.459. The molecule has 64 fully saturated rings. The predicted octanol–water partition coefficient (Wildman–Crippen LogP) is 14.1. The van der Waals surface area contributed by atoms with Gasteiger partial charge in [-0.1, -0.05) is 77.0 Å². The summed E-state index contributed by atoms with van der Waals surface area (Å²) in [5, 5.41) is 0. The van der Waals surface area contributed by atoms with E-state index in [9.17, 15) is 0 Å². The van der Waals surface area contributed by atoms with Gasteiger partial charge in [0.1, 0.15) is 0 Å². The highest BCUT2D eigenvalue weighted by molar-refractivity contribution is 5.94. The fraction of sp³-hybridized carbons (Fsp3) is 1.00. The molecule has 0 saturated heterocycles. The minimum absolute atomic E-state index is 0.897. The number of hydrogen-bond acceptors (Lipinski definition) is 0. The first-order valence-electron chi connectivity index (χ1n) is 42.2. The van der Waals surface area contributed by atoms with Crippen LogP contribution in [-0.4, -0.2) is 0 Å². The molecular formula is C85H88. The van der Waals surface area contributed by atoms with E-state index < -0.39 is 0 Å². The summed E-state index contributed by atoms with van der Waals surface area (Å²) in [6.07, 6.45) is 39.8. The fourth-order valence-corrected chi connectivity index (χ4v) is 66.4. The summed E-state index contributed by atoms with van der Waals surface area (Å²) in [4.78, 5) is 0. The third-order valence-corrected chi connectivity index (χ3v) is 58.0. The van der Waals surface area contributed by atoms with Crippen LogP contribution in [-0.2, 0) is 0 Å². The van der Waals surface area contributed by atoms with E-state index in [1.807, 2.05) is 44.9 Å². The van der Waals surface area contributed by atoms with Crippen molar-refractivity contribution in [1.29, 1.82) is 0 Å². The first-order chi connectivity index (χ1) is 42.2. The van der Waals surface area contributed by atoms with Crippen LogP contribution in [0.4, 0.5) is 0 Å². The van der Waals surface area contributed by atoms with Gasteiger partial charge in [-0.05, 0) is 427 Å². The zero-order valence-electron chi connectivity index (χ0n) is 50.5. The van der Waals surface area contributed by atoms with Gasteiger partial charge in [0.25, 0.3) is 0 Å². The lowest BCUT2D eigenvalue weighted by Crippen LogP contribution is -3.47. The van der Waals surface area contributed by atoms with Gasteiger partial charge in [0.2, 0.25) is 0 Å². The smallest absolute Gasteiger partial charge is 0.00143 e. The summed E-state index contributed by atoms with van der Waals surface area (Å²) in [6, 6.07) is 0. The van der Waals surface area contributed by atoms with Gasteiger partial charge in [-0.3, -0.25) is 0 Å². The SMILES string of the molecule is C1CCCCC2C3C4C5CC6C7C8C9(CC%10C(CCC1)C1C%11C%12C4C56C%127C%118C%1019)C1C4C5C6CC7C8C9C(C%10C%11C%12CC%13C%14C1C41C54C67C85C9%10C%116C%13%12C%141C456)C14CC5C6CCCCCCCCC7C(C8C9CC%10C%11C1C1%12C(C6C541)C1C8C9%10C1%11%12)C1CC3C271. The molecule has 0 aromatic rings. The molecule has 0 aliphatic heterocycles. The predicted molar refractivity (Wildman–Crippen MR) is 301 cm³/mol. The molecule has 0 aromatic heterocycles. The van der Waals surface area contributed by atoms with E-state index in [0.717, 1.165) is 108 Å². The lowest BCUT2D eigenvalue weighted by Gasteiger charge is -3.48. The van der Waals surface area contributed by atoms with Crippen LogP contribution in [0.1, 0.15) is 148 Å². The average molecular weight is 1110 g/mol. The second-order valence-electron chi connectivity index (χ2n) is 48.2. The molecule has 428 valence electrons. The zero-order valence-corrected chi connectivity index (χ0v) is 50.5. The maximum absolute atomic E-state index is 1.90. The Hall–Kier alpha value is 0. The van der Waals surface area contributed by atoms with E-state index in [1.165, 1.54) is 249 Å². The van der Waals surface area contributed by atoms with Crippen LogP contribution in [0.15, 0.2) is 0 Å². The molecule has 37 bridgehead atoms. The second kappa shape index (κ2) is 8.00. The van der Waals surface area contributed by atoms with Crippen molar-refractivity contribution in [3.63, 3.8) is 0 Å². The molecule has 0 amide bonds. The van der Waals surface area contributed by atoms with E-state index in [1.54, 1.807) is 103 Å². The molecule has 0 heteroatoms. The lowest BCUT2D eigenvalue weighted by atomic mass is 8.54. The van der Waals surface area contributed by atoms with E-state index >= 15 is 0 Å². The maximum atomic E-state index is 1.90. The van der Waals surface area contributed by atoms with Crippen LogP contribution in [0.3, 0.4) is 0 Å². The summed E-state index contributed by atoms with van der Waals surface area (Å²) in [7, 11) is 0. The summed E-state index contributed by atoms with van der Waals surface area (Å²) >= 11 is 0. The first-order valence-corrected chi connectivity index (χ1v) is 42.2. The van der Waals surface area contributed by atoms with Crippen LogP contribution in [0.2, 0.25) is 0 Å². The van der Waals surface area contributed by atoms with Crippen molar-refractivity contribution >= 4 is 0 Å². The molecule has 85 heavy (non-hydrogen) atoms. The highest BCUT2D eigenvalue weighted by Gasteiger charge is 3.49. The topological polar surface area (TPSA) is 0 Å². The van der Waals surface area contributed by atoms with Crippen molar-refractivity contribution in [2.24, 2.45) is 357 Å². The van der Waals surface area contributed by atoms with Gasteiger partial charge < -0.3 is 0 Å². The van der Waals surface area contributed by atoms with Crippen molar-refractivity contribution in [3.8, 4) is 0 Å². The Labute approximate surface area is 501 Å². The van der Waals surface area contributed by atoms with Gasteiger partial charge in [0.15, 0.2) is 0 Å². The Morgan fingerprint density at radius 3 is 1.04 bits per heavy atom. The Balaban J connectivity index is 0.551. The molecular weight excluding hydrogens is 1020 g/mol. The summed E-state index contributed by atoms with van der Waals surface area (Å²) in [6.45, 7) is 0. The van der Waals surface area contributed by atoms with Crippen LogP contribution >= 0.6 is 0 Å². The van der Waals surface area contributed by atoms with Gasteiger partial charge in [0.05, 0.1) is 0 Å². The van der Waals surface area contributed by atoms with Crippen LogP contribution in [0, 0.1) is 357 Å². The maximum Gasteiger partial charge on any atom is -0.00143 e. The monoisotopic (exact) mass is 1110 g/mol. The highest BCUT2D eigenvalue weighted by Crippen LogP contribution is 3.50. The molecule has 0 radical (unpaired) electrons. The Bertz CT molecular complexity index is 3970. The molecule has 0 heterocycles.